The fourth-order valence-corrected chi connectivity index (χ4v) is 3.76. The van der Waals surface area contributed by atoms with E-state index in [1.54, 1.807) is 12.4 Å². The first-order chi connectivity index (χ1) is 13.7. The van der Waals surface area contributed by atoms with Gasteiger partial charge in [0.2, 0.25) is 0 Å². The number of nitrogens with zero attached hydrogens (tertiary/aromatic N) is 3. The first kappa shape index (κ1) is 16.9. The van der Waals surface area contributed by atoms with E-state index in [4.69, 9.17) is 9.97 Å². The average molecular weight is 366 g/mol. The van der Waals surface area contributed by atoms with Crippen LogP contribution in [0.2, 0.25) is 0 Å². The second-order valence-electron chi connectivity index (χ2n) is 7.63. The summed E-state index contributed by atoms with van der Waals surface area (Å²) in [4.78, 5) is 13.8. The molecule has 0 unspecified atom stereocenters. The Morgan fingerprint density at radius 2 is 1.89 bits per heavy atom. The van der Waals surface area contributed by atoms with Crippen molar-refractivity contribution >= 4 is 16.7 Å². The van der Waals surface area contributed by atoms with Crippen LogP contribution in [0.4, 0.5) is 5.82 Å². The van der Waals surface area contributed by atoms with Gasteiger partial charge in [0.25, 0.3) is 0 Å². The summed E-state index contributed by atoms with van der Waals surface area (Å²) in [5.74, 6) is 2.21. The van der Waals surface area contributed by atoms with E-state index in [0.717, 1.165) is 34.4 Å². The van der Waals surface area contributed by atoms with E-state index in [2.05, 4.69) is 29.9 Å². The minimum absolute atomic E-state index is 0.684. The third-order valence-corrected chi connectivity index (χ3v) is 5.45. The molecule has 2 aliphatic carbocycles. The molecule has 0 amide bonds. The zero-order chi connectivity index (χ0) is 19.1. The molecule has 0 bridgehead atoms. The summed E-state index contributed by atoms with van der Waals surface area (Å²) in [7, 11) is 0. The predicted octanol–water partition coefficient (Wildman–Crippen LogP) is 5.67. The number of anilines is 1. The Labute approximate surface area is 164 Å². The largest absolute Gasteiger partial charge is 0.340 e. The molecule has 0 radical (unpaired) electrons. The Balaban J connectivity index is 1.60. The fourth-order valence-electron chi connectivity index (χ4n) is 3.76. The van der Waals surface area contributed by atoms with E-state index in [-0.39, 0.29) is 0 Å². The Hall–Kier alpha value is -3.27. The maximum Gasteiger partial charge on any atom is 0.162 e. The van der Waals surface area contributed by atoms with Gasteiger partial charge in [-0.2, -0.15) is 0 Å². The first-order valence-corrected chi connectivity index (χ1v) is 9.73. The molecule has 5 rings (SSSR count). The molecule has 1 fully saturated rings. The molecule has 28 heavy (non-hydrogen) atoms. The molecule has 4 heteroatoms. The van der Waals surface area contributed by atoms with Crippen LogP contribution in [0, 0.1) is 5.92 Å². The van der Waals surface area contributed by atoms with Gasteiger partial charge >= 0.3 is 0 Å². The molecule has 2 heterocycles. The highest BCUT2D eigenvalue weighted by molar-refractivity contribution is 5.90. The number of fused-ring (bicyclic) bond motifs is 1. The van der Waals surface area contributed by atoms with Gasteiger partial charge in [-0.1, -0.05) is 36.9 Å². The molecule has 1 N–H and O–H groups in total. The molecule has 0 spiro atoms. The minimum Gasteiger partial charge on any atom is -0.340 e. The van der Waals surface area contributed by atoms with Gasteiger partial charge in [0, 0.05) is 22.8 Å². The molecule has 1 aromatic carbocycles. The third-order valence-electron chi connectivity index (χ3n) is 5.45. The van der Waals surface area contributed by atoms with E-state index in [1.807, 2.05) is 36.4 Å². The number of benzene rings is 1. The predicted molar refractivity (Wildman–Crippen MR) is 114 cm³/mol. The van der Waals surface area contributed by atoms with Crippen LogP contribution in [0.15, 0.2) is 83.9 Å². The van der Waals surface area contributed by atoms with E-state index in [9.17, 15) is 0 Å². The normalized spacial score (nSPS) is 17.0. The van der Waals surface area contributed by atoms with Crippen LogP contribution in [-0.2, 0) is 0 Å². The van der Waals surface area contributed by atoms with Crippen molar-refractivity contribution in [2.24, 2.45) is 5.92 Å². The van der Waals surface area contributed by atoms with E-state index >= 15 is 0 Å². The molecule has 0 aliphatic heterocycles. The standard InChI is InChI=1S/C24H22N4/c1-15-12-16(2)21(13-20(15)17-8-9-17)26-24-19-10-11-25-14-22(19)27-23(28-24)18-6-4-3-5-7-18/h3-7,10-11,13-14,17H,1,8-9,12H2,2H3,(H,26,27,28). The van der Waals surface area contributed by atoms with Crippen LogP contribution < -0.4 is 5.32 Å². The SMILES string of the molecule is C=C1CC(C)=C(Nc2nc(-c3ccccc3)nc3cnccc23)C=C1C1CC1. The summed E-state index contributed by atoms with van der Waals surface area (Å²) in [5, 5.41) is 4.57. The molecule has 0 saturated heterocycles. The van der Waals surface area contributed by atoms with Gasteiger partial charge in [-0.15, -0.1) is 0 Å². The van der Waals surface area contributed by atoms with Crippen LogP contribution in [0.1, 0.15) is 26.2 Å². The number of hydrogen-bond acceptors (Lipinski definition) is 4. The topological polar surface area (TPSA) is 50.7 Å². The smallest absolute Gasteiger partial charge is 0.162 e. The number of rotatable bonds is 4. The Morgan fingerprint density at radius 3 is 2.68 bits per heavy atom. The summed E-state index contributed by atoms with van der Waals surface area (Å²) in [6, 6.07) is 12.0. The lowest BCUT2D eigenvalue weighted by Gasteiger charge is -2.22. The Kier molecular flexibility index (Phi) is 4.05. The van der Waals surface area contributed by atoms with Crippen molar-refractivity contribution < 1.29 is 0 Å². The van der Waals surface area contributed by atoms with Crippen molar-refractivity contribution in [1.82, 2.24) is 15.0 Å². The van der Waals surface area contributed by atoms with Crippen molar-refractivity contribution in [1.29, 1.82) is 0 Å². The minimum atomic E-state index is 0.684. The molecule has 3 aromatic rings. The van der Waals surface area contributed by atoms with Crippen molar-refractivity contribution in [3.05, 3.63) is 83.9 Å². The lowest BCUT2D eigenvalue weighted by atomic mass is 9.90. The maximum absolute atomic E-state index is 4.87. The molecular formula is C24H22N4. The monoisotopic (exact) mass is 366 g/mol. The molecule has 4 nitrogen and oxygen atoms in total. The molecule has 1 saturated carbocycles. The number of nitrogens with one attached hydrogen (secondary N) is 1. The summed E-state index contributed by atoms with van der Waals surface area (Å²) >= 11 is 0. The summed E-state index contributed by atoms with van der Waals surface area (Å²) in [6.07, 6.45) is 9.32. The van der Waals surface area contributed by atoms with E-state index in [0.29, 0.717) is 11.7 Å². The summed E-state index contributed by atoms with van der Waals surface area (Å²) in [5.41, 5.74) is 6.90. The Bertz CT molecular complexity index is 1140. The first-order valence-electron chi connectivity index (χ1n) is 9.73. The zero-order valence-electron chi connectivity index (χ0n) is 15.9. The van der Waals surface area contributed by atoms with Crippen molar-refractivity contribution in [2.45, 2.75) is 26.2 Å². The molecule has 2 aromatic heterocycles. The summed E-state index contributed by atoms with van der Waals surface area (Å²) < 4.78 is 0. The van der Waals surface area contributed by atoms with Gasteiger partial charge < -0.3 is 5.32 Å². The van der Waals surface area contributed by atoms with Crippen LogP contribution in [-0.4, -0.2) is 15.0 Å². The van der Waals surface area contributed by atoms with Crippen molar-refractivity contribution in [3.8, 4) is 11.4 Å². The number of allylic oxidation sites excluding steroid dienone is 4. The highest BCUT2D eigenvalue weighted by Gasteiger charge is 2.29. The quantitative estimate of drug-likeness (QED) is 0.646. The van der Waals surface area contributed by atoms with Gasteiger partial charge in [-0.05, 0) is 61.0 Å². The number of aromatic nitrogens is 3. The van der Waals surface area contributed by atoms with Gasteiger partial charge in [0.15, 0.2) is 5.82 Å². The average Bonchev–Trinajstić information content (AvgIpc) is 3.55. The zero-order valence-corrected chi connectivity index (χ0v) is 15.9. The number of hydrogen-bond donors (Lipinski definition) is 1. The second kappa shape index (κ2) is 6.71. The highest BCUT2D eigenvalue weighted by atomic mass is 15.0. The molecule has 138 valence electrons. The molecule has 2 aliphatic rings. The van der Waals surface area contributed by atoms with Gasteiger partial charge in [-0.3, -0.25) is 4.98 Å². The summed E-state index contributed by atoms with van der Waals surface area (Å²) in [6.45, 7) is 6.45. The van der Waals surface area contributed by atoms with Crippen LogP contribution in [0.5, 0.6) is 0 Å². The lowest BCUT2D eigenvalue weighted by molar-refractivity contribution is 0.944. The Morgan fingerprint density at radius 1 is 1.07 bits per heavy atom. The van der Waals surface area contributed by atoms with Crippen LogP contribution in [0.3, 0.4) is 0 Å². The third kappa shape index (κ3) is 3.11. The molecular weight excluding hydrogens is 344 g/mol. The van der Waals surface area contributed by atoms with Gasteiger partial charge in [0.05, 0.1) is 11.7 Å². The van der Waals surface area contributed by atoms with Crippen LogP contribution in [0.25, 0.3) is 22.3 Å². The second-order valence-corrected chi connectivity index (χ2v) is 7.63. The van der Waals surface area contributed by atoms with E-state index < -0.39 is 0 Å². The van der Waals surface area contributed by atoms with Crippen molar-refractivity contribution in [3.63, 3.8) is 0 Å². The highest BCUT2D eigenvalue weighted by Crippen LogP contribution is 2.44. The number of pyridine rings is 1. The molecule has 0 atom stereocenters. The van der Waals surface area contributed by atoms with Crippen molar-refractivity contribution in [2.75, 3.05) is 5.32 Å². The maximum atomic E-state index is 4.87. The fraction of sp³-hybridized carbons (Fsp3) is 0.208. The lowest BCUT2D eigenvalue weighted by Crippen LogP contribution is -2.10. The van der Waals surface area contributed by atoms with E-state index in [1.165, 1.54) is 29.6 Å². The van der Waals surface area contributed by atoms with Gasteiger partial charge in [0.1, 0.15) is 5.82 Å². The van der Waals surface area contributed by atoms with Gasteiger partial charge in [-0.25, -0.2) is 9.97 Å². The van der Waals surface area contributed by atoms with Crippen LogP contribution >= 0.6 is 0 Å².